The number of nitrogens with one attached hydrogen (secondary N) is 2. The summed E-state index contributed by atoms with van der Waals surface area (Å²) < 4.78 is 0. The molecular formula is C21H16Cl2N4O2. The number of aromatic nitrogens is 1. The number of nitrogens with zero attached hydrogens (tertiary/aromatic N) is 2. The van der Waals surface area contributed by atoms with Gasteiger partial charge >= 0.3 is 0 Å². The molecule has 146 valence electrons. The minimum Gasteiger partial charge on any atom is -0.357 e. The summed E-state index contributed by atoms with van der Waals surface area (Å²) in [5.41, 5.74) is 3.94. The number of H-pyrrole nitrogens is 1. The summed E-state index contributed by atoms with van der Waals surface area (Å²) >= 11 is 12.3. The molecule has 0 radical (unpaired) electrons. The van der Waals surface area contributed by atoms with E-state index in [-0.39, 0.29) is 12.3 Å². The van der Waals surface area contributed by atoms with Gasteiger partial charge in [0.1, 0.15) is 6.42 Å². The van der Waals surface area contributed by atoms with E-state index in [9.17, 15) is 9.59 Å². The SMILES string of the molecule is N#CCC(=O)Nc1cc(Cl)cc(C(=O)N2CCc3c([nH]c4ccc(Cl)cc34)C2)c1. The van der Waals surface area contributed by atoms with Gasteiger partial charge in [-0.2, -0.15) is 5.26 Å². The van der Waals surface area contributed by atoms with Crippen molar-refractivity contribution < 1.29 is 9.59 Å². The number of carbonyl (C=O) groups is 2. The first-order valence-corrected chi connectivity index (χ1v) is 9.76. The van der Waals surface area contributed by atoms with E-state index in [4.69, 9.17) is 28.5 Å². The molecule has 0 saturated carbocycles. The molecule has 6 nitrogen and oxygen atoms in total. The van der Waals surface area contributed by atoms with Gasteiger partial charge in [-0.25, -0.2) is 0 Å². The average molecular weight is 427 g/mol. The van der Waals surface area contributed by atoms with Gasteiger partial charge in [-0.05, 0) is 48.4 Å². The number of amides is 2. The Labute approximate surface area is 177 Å². The summed E-state index contributed by atoms with van der Waals surface area (Å²) in [5.74, 6) is -0.627. The van der Waals surface area contributed by atoms with Crippen LogP contribution in [0.4, 0.5) is 5.69 Å². The predicted octanol–water partition coefficient (Wildman–Crippen LogP) is 4.53. The Balaban J connectivity index is 1.58. The Hall–Kier alpha value is -3.01. The van der Waals surface area contributed by atoms with Crippen molar-refractivity contribution in [2.45, 2.75) is 19.4 Å². The first-order valence-electron chi connectivity index (χ1n) is 9.00. The van der Waals surface area contributed by atoms with E-state index in [1.807, 2.05) is 18.2 Å². The normalized spacial score (nSPS) is 13.1. The maximum absolute atomic E-state index is 13.1. The second-order valence-corrected chi connectivity index (χ2v) is 7.73. The molecular weight excluding hydrogens is 411 g/mol. The van der Waals surface area contributed by atoms with Gasteiger partial charge in [-0.1, -0.05) is 23.2 Å². The molecule has 0 unspecified atom stereocenters. The van der Waals surface area contributed by atoms with Crippen molar-refractivity contribution in [1.29, 1.82) is 5.26 Å². The van der Waals surface area contributed by atoms with Crippen LogP contribution in [0.25, 0.3) is 10.9 Å². The van der Waals surface area contributed by atoms with Crippen LogP contribution in [0.3, 0.4) is 0 Å². The van der Waals surface area contributed by atoms with Crippen molar-refractivity contribution in [2.75, 3.05) is 11.9 Å². The third kappa shape index (κ3) is 3.93. The minimum absolute atomic E-state index is 0.175. The number of nitriles is 1. The fourth-order valence-corrected chi connectivity index (χ4v) is 4.04. The van der Waals surface area contributed by atoms with Crippen LogP contribution in [0.5, 0.6) is 0 Å². The van der Waals surface area contributed by atoms with Gasteiger partial charge in [0, 0.05) is 44.4 Å². The van der Waals surface area contributed by atoms with Crippen molar-refractivity contribution in [3.8, 4) is 6.07 Å². The summed E-state index contributed by atoms with van der Waals surface area (Å²) in [6.07, 6.45) is 0.447. The van der Waals surface area contributed by atoms with Gasteiger partial charge in [0.2, 0.25) is 5.91 Å². The molecule has 2 amide bonds. The molecule has 2 heterocycles. The van der Waals surface area contributed by atoms with E-state index in [2.05, 4.69) is 10.3 Å². The molecule has 0 atom stereocenters. The Bertz CT molecular complexity index is 1180. The van der Waals surface area contributed by atoms with Crippen molar-refractivity contribution >= 4 is 51.6 Å². The standard InChI is InChI=1S/C21H16Cl2N4O2/c22-13-1-2-18-17(10-13)16-4-6-27(11-19(16)26-18)21(29)12-7-14(23)9-15(8-12)25-20(28)3-5-24/h1-2,7-10,26H,3-4,6,11H2,(H,25,28). The first-order chi connectivity index (χ1) is 13.9. The number of rotatable bonds is 3. The summed E-state index contributed by atoms with van der Waals surface area (Å²) in [4.78, 5) is 29.8. The summed E-state index contributed by atoms with van der Waals surface area (Å²) in [5, 5.41) is 13.3. The molecule has 0 saturated heterocycles. The van der Waals surface area contributed by atoms with E-state index < -0.39 is 5.91 Å². The van der Waals surface area contributed by atoms with Crippen molar-refractivity contribution in [3.05, 3.63) is 63.3 Å². The van der Waals surface area contributed by atoms with Crippen molar-refractivity contribution in [1.82, 2.24) is 9.88 Å². The van der Waals surface area contributed by atoms with Gasteiger partial charge in [-0.15, -0.1) is 0 Å². The summed E-state index contributed by atoms with van der Waals surface area (Å²) in [7, 11) is 0. The maximum atomic E-state index is 13.1. The molecule has 2 N–H and O–H groups in total. The molecule has 3 aromatic rings. The molecule has 1 aromatic heterocycles. The van der Waals surface area contributed by atoms with E-state index in [1.165, 1.54) is 5.56 Å². The topological polar surface area (TPSA) is 89.0 Å². The lowest BCUT2D eigenvalue weighted by Gasteiger charge is -2.27. The van der Waals surface area contributed by atoms with Crippen molar-refractivity contribution in [3.63, 3.8) is 0 Å². The molecule has 8 heteroatoms. The fraction of sp³-hybridized carbons (Fsp3) is 0.190. The number of benzene rings is 2. The molecule has 0 fully saturated rings. The van der Waals surface area contributed by atoms with Crippen LogP contribution in [0, 0.1) is 11.3 Å². The molecule has 29 heavy (non-hydrogen) atoms. The number of carbonyl (C=O) groups excluding carboxylic acids is 2. The lowest BCUT2D eigenvalue weighted by Crippen LogP contribution is -2.35. The van der Waals surface area contributed by atoms with Gasteiger partial charge in [-0.3, -0.25) is 9.59 Å². The molecule has 0 bridgehead atoms. The highest BCUT2D eigenvalue weighted by Crippen LogP contribution is 2.30. The highest BCUT2D eigenvalue weighted by Gasteiger charge is 2.25. The zero-order valence-electron chi connectivity index (χ0n) is 15.3. The third-order valence-corrected chi connectivity index (χ3v) is 5.35. The number of hydrogen-bond donors (Lipinski definition) is 2. The second kappa shape index (κ2) is 7.78. The largest absolute Gasteiger partial charge is 0.357 e. The third-order valence-electron chi connectivity index (χ3n) is 4.89. The van der Waals surface area contributed by atoms with E-state index in [0.29, 0.717) is 40.8 Å². The summed E-state index contributed by atoms with van der Waals surface area (Å²) in [6.45, 7) is 1.01. The Kier molecular flexibility index (Phi) is 5.18. The van der Waals surface area contributed by atoms with Crippen LogP contribution in [0.1, 0.15) is 28.0 Å². The minimum atomic E-state index is -0.451. The molecule has 1 aliphatic heterocycles. The van der Waals surface area contributed by atoms with E-state index in [1.54, 1.807) is 29.2 Å². The molecule has 4 rings (SSSR count). The fourth-order valence-electron chi connectivity index (χ4n) is 3.63. The average Bonchev–Trinajstić information content (AvgIpc) is 3.04. The molecule has 1 aliphatic rings. The maximum Gasteiger partial charge on any atom is 0.254 e. The van der Waals surface area contributed by atoms with Crippen LogP contribution >= 0.6 is 23.2 Å². The molecule has 0 aliphatic carbocycles. The Morgan fingerprint density at radius 2 is 2.00 bits per heavy atom. The van der Waals surface area contributed by atoms with Crippen LogP contribution in [-0.4, -0.2) is 28.2 Å². The quantitative estimate of drug-likeness (QED) is 0.644. The van der Waals surface area contributed by atoms with E-state index in [0.717, 1.165) is 16.6 Å². The van der Waals surface area contributed by atoms with Crippen molar-refractivity contribution in [2.24, 2.45) is 0 Å². The Morgan fingerprint density at radius 1 is 1.17 bits per heavy atom. The lowest BCUT2D eigenvalue weighted by molar-refractivity contribution is -0.115. The predicted molar refractivity (Wildman–Crippen MR) is 112 cm³/mol. The van der Waals surface area contributed by atoms with E-state index >= 15 is 0 Å². The zero-order chi connectivity index (χ0) is 20.5. The monoisotopic (exact) mass is 426 g/mol. The number of hydrogen-bond acceptors (Lipinski definition) is 3. The first kappa shape index (κ1) is 19.3. The number of aromatic amines is 1. The Morgan fingerprint density at radius 3 is 2.79 bits per heavy atom. The number of anilines is 1. The molecule has 0 spiro atoms. The second-order valence-electron chi connectivity index (χ2n) is 6.86. The number of fused-ring (bicyclic) bond motifs is 3. The van der Waals surface area contributed by atoms with Crippen LogP contribution < -0.4 is 5.32 Å². The van der Waals surface area contributed by atoms with Gasteiger partial charge in [0.05, 0.1) is 12.6 Å². The smallest absolute Gasteiger partial charge is 0.254 e. The van der Waals surface area contributed by atoms with Gasteiger partial charge in [0.15, 0.2) is 0 Å². The van der Waals surface area contributed by atoms with Crippen LogP contribution in [0.15, 0.2) is 36.4 Å². The zero-order valence-corrected chi connectivity index (χ0v) is 16.8. The van der Waals surface area contributed by atoms with Gasteiger partial charge < -0.3 is 15.2 Å². The highest BCUT2D eigenvalue weighted by molar-refractivity contribution is 6.31. The number of halogens is 2. The summed E-state index contributed by atoms with van der Waals surface area (Å²) in [6, 6.07) is 12.2. The molecule has 2 aromatic carbocycles. The van der Waals surface area contributed by atoms with Gasteiger partial charge in [0.25, 0.3) is 5.91 Å². The lowest BCUT2D eigenvalue weighted by atomic mass is 10.0. The van der Waals surface area contributed by atoms with Crippen LogP contribution in [0.2, 0.25) is 10.0 Å². The highest BCUT2D eigenvalue weighted by atomic mass is 35.5. The van der Waals surface area contributed by atoms with Crippen LogP contribution in [-0.2, 0) is 17.8 Å².